The number of ether oxygens (including phenoxy) is 1. The van der Waals surface area contributed by atoms with Crippen molar-refractivity contribution in [3.05, 3.63) is 23.8 Å². The molecule has 1 fully saturated rings. The minimum absolute atomic E-state index is 0.00101. The van der Waals surface area contributed by atoms with Gasteiger partial charge in [-0.05, 0) is 57.8 Å². The average molecular weight is 371 g/mol. The maximum absolute atomic E-state index is 10.6. The van der Waals surface area contributed by atoms with Gasteiger partial charge in [0.2, 0.25) is 0 Å². The summed E-state index contributed by atoms with van der Waals surface area (Å²) in [6.07, 6.45) is 0. The maximum atomic E-state index is 10.6. The first-order valence-corrected chi connectivity index (χ1v) is 9.60. The molecular formula is C16H27BNO6P. The first-order valence-electron chi connectivity index (χ1n) is 8.33. The molecule has 140 valence electrons. The molecule has 1 aliphatic heterocycles. The topological polar surface area (TPSA) is 86.3 Å². The molecule has 1 heterocycles. The summed E-state index contributed by atoms with van der Waals surface area (Å²) in [6.45, 7) is 11.0. The van der Waals surface area contributed by atoms with Crippen LogP contribution in [0.3, 0.4) is 0 Å². The number of nitrogens with one attached hydrogen (secondary N) is 1. The van der Waals surface area contributed by atoms with Crippen LogP contribution < -0.4 is 15.5 Å². The summed E-state index contributed by atoms with van der Waals surface area (Å²) in [5.74, 6) is 0.725. The smallest absolute Gasteiger partial charge is 0.494 e. The van der Waals surface area contributed by atoms with Crippen molar-refractivity contribution >= 4 is 20.8 Å². The molecular weight excluding hydrogens is 344 g/mol. The molecule has 2 N–H and O–H groups in total. The molecule has 7 nitrogen and oxygen atoms in total. The standard InChI is InChI=1S/C16H27BNO6P/c1-6-21-14-8-12(10-18-11-22-25(19)20)7-13(9-14)17-23-15(2,3)16(4,5)24-17/h7-9,18,25H,6,10-11H2,1-5H3,(H,19,20). The van der Waals surface area contributed by atoms with Crippen molar-refractivity contribution in [3.8, 4) is 5.75 Å². The Bertz CT molecular complexity index is 609. The van der Waals surface area contributed by atoms with Crippen LogP contribution in [0.1, 0.15) is 40.2 Å². The summed E-state index contributed by atoms with van der Waals surface area (Å²) in [7, 11) is -3.41. The van der Waals surface area contributed by atoms with Crippen LogP contribution in [0.2, 0.25) is 0 Å². The summed E-state index contributed by atoms with van der Waals surface area (Å²) in [5.41, 5.74) is 0.980. The lowest BCUT2D eigenvalue weighted by molar-refractivity contribution is 0.00578. The SMILES string of the molecule is CCOc1cc(CNCO[PH](=O)O)cc(B2OC(C)(C)C(C)(C)O2)c1. The molecule has 1 atom stereocenters. The summed E-state index contributed by atoms with van der Waals surface area (Å²) in [6, 6.07) is 5.80. The zero-order valence-corrected chi connectivity index (χ0v) is 16.4. The Morgan fingerprint density at radius 1 is 1.20 bits per heavy atom. The summed E-state index contributed by atoms with van der Waals surface area (Å²) in [4.78, 5) is 8.68. The molecule has 1 aromatic carbocycles. The van der Waals surface area contributed by atoms with Gasteiger partial charge in [0.1, 0.15) is 12.5 Å². The summed E-state index contributed by atoms with van der Waals surface area (Å²) >= 11 is 0. The monoisotopic (exact) mass is 371 g/mol. The normalized spacial score (nSPS) is 19.8. The highest BCUT2D eigenvalue weighted by Gasteiger charge is 2.51. The Labute approximate surface area is 150 Å². The fraction of sp³-hybridized carbons (Fsp3) is 0.625. The van der Waals surface area contributed by atoms with Crippen molar-refractivity contribution in [1.82, 2.24) is 5.32 Å². The number of hydrogen-bond donors (Lipinski definition) is 2. The van der Waals surface area contributed by atoms with Crippen LogP contribution in [-0.4, -0.2) is 36.6 Å². The Balaban J connectivity index is 2.16. The van der Waals surface area contributed by atoms with Crippen LogP contribution in [0.4, 0.5) is 0 Å². The molecule has 2 rings (SSSR count). The number of hydrogen-bond acceptors (Lipinski definition) is 6. The minimum Gasteiger partial charge on any atom is -0.494 e. The van der Waals surface area contributed by atoms with E-state index in [-0.39, 0.29) is 6.73 Å². The molecule has 1 aliphatic rings. The molecule has 0 bridgehead atoms. The van der Waals surface area contributed by atoms with Crippen molar-refractivity contribution in [2.45, 2.75) is 52.4 Å². The largest absolute Gasteiger partial charge is 0.494 e. The molecule has 0 radical (unpaired) electrons. The highest BCUT2D eigenvalue weighted by atomic mass is 31.1. The zero-order chi connectivity index (χ0) is 18.7. The minimum atomic E-state index is -2.93. The molecule has 1 aromatic rings. The fourth-order valence-corrected chi connectivity index (χ4v) is 2.69. The predicted molar refractivity (Wildman–Crippen MR) is 97.3 cm³/mol. The molecule has 0 saturated carbocycles. The van der Waals surface area contributed by atoms with E-state index in [2.05, 4.69) is 9.84 Å². The van der Waals surface area contributed by atoms with Gasteiger partial charge < -0.3 is 18.9 Å². The molecule has 0 amide bonds. The molecule has 1 saturated heterocycles. The van der Waals surface area contributed by atoms with E-state index >= 15 is 0 Å². The summed E-state index contributed by atoms with van der Waals surface area (Å²) < 4.78 is 33.1. The Morgan fingerprint density at radius 2 is 1.84 bits per heavy atom. The molecule has 0 aromatic heterocycles. The van der Waals surface area contributed by atoms with Crippen molar-refractivity contribution in [2.75, 3.05) is 13.3 Å². The lowest BCUT2D eigenvalue weighted by atomic mass is 9.78. The Hall–Kier alpha value is -0.885. The van der Waals surface area contributed by atoms with Crippen molar-refractivity contribution in [2.24, 2.45) is 0 Å². The molecule has 0 spiro atoms. The molecule has 9 heteroatoms. The van der Waals surface area contributed by atoms with E-state index < -0.39 is 26.6 Å². The van der Waals surface area contributed by atoms with E-state index in [1.165, 1.54) is 0 Å². The van der Waals surface area contributed by atoms with Crippen molar-refractivity contribution < 1.29 is 28.0 Å². The van der Waals surface area contributed by atoms with E-state index in [0.717, 1.165) is 16.8 Å². The summed E-state index contributed by atoms with van der Waals surface area (Å²) in [5, 5.41) is 2.96. The van der Waals surface area contributed by atoms with Gasteiger partial charge in [0.15, 0.2) is 0 Å². The van der Waals surface area contributed by atoms with Gasteiger partial charge in [-0.15, -0.1) is 0 Å². The quantitative estimate of drug-likeness (QED) is 0.312. The van der Waals surface area contributed by atoms with Gasteiger partial charge in [0, 0.05) is 6.54 Å². The lowest BCUT2D eigenvalue weighted by Crippen LogP contribution is -2.41. The zero-order valence-electron chi connectivity index (χ0n) is 15.4. The second-order valence-corrected chi connectivity index (χ2v) is 7.73. The van der Waals surface area contributed by atoms with E-state index in [0.29, 0.717) is 13.2 Å². The first-order chi connectivity index (χ1) is 11.6. The molecule has 25 heavy (non-hydrogen) atoms. The van der Waals surface area contributed by atoms with E-state index in [9.17, 15) is 4.57 Å². The molecule has 0 aliphatic carbocycles. The van der Waals surface area contributed by atoms with E-state index in [4.69, 9.17) is 18.9 Å². The number of benzene rings is 1. The van der Waals surface area contributed by atoms with Gasteiger partial charge in [-0.25, -0.2) is 0 Å². The van der Waals surface area contributed by atoms with Gasteiger partial charge in [-0.3, -0.25) is 14.4 Å². The van der Waals surface area contributed by atoms with Gasteiger partial charge in [-0.2, -0.15) is 0 Å². The van der Waals surface area contributed by atoms with E-state index in [1.54, 1.807) is 0 Å². The fourth-order valence-electron chi connectivity index (χ4n) is 2.46. The lowest BCUT2D eigenvalue weighted by Gasteiger charge is -2.32. The Morgan fingerprint density at radius 3 is 2.40 bits per heavy atom. The van der Waals surface area contributed by atoms with Gasteiger partial charge in [-0.1, -0.05) is 6.07 Å². The van der Waals surface area contributed by atoms with Gasteiger partial charge >= 0.3 is 15.4 Å². The van der Waals surface area contributed by atoms with E-state index in [1.807, 2.05) is 52.8 Å². The average Bonchev–Trinajstić information content (AvgIpc) is 2.72. The van der Waals surface area contributed by atoms with Gasteiger partial charge in [0.05, 0.1) is 17.8 Å². The van der Waals surface area contributed by atoms with Crippen molar-refractivity contribution in [1.29, 1.82) is 0 Å². The third-order valence-electron chi connectivity index (χ3n) is 4.45. The number of rotatable bonds is 8. The predicted octanol–water partition coefficient (Wildman–Crippen LogP) is 1.83. The van der Waals surface area contributed by atoms with Crippen molar-refractivity contribution in [3.63, 3.8) is 0 Å². The second-order valence-electron chi connectivity index (χ2n) is 6.91. The second kappa shape index (κ2) is 8.21. The first kappa shape index (κ1) is 20.4. The molecule has 1 unspecified atom stereocenters. The highest BCUT2D eigenvalue weighted by molar-refractivity contribution is 7.32. The third-order valence-corrected chi connectivity index (χ3v) is 4.84. The van der Waals surface area contributed by atoms with Gasteiger partial charge in [0.25, 0.3) is 0 Å². The van der Waals surface area contributed by atoms with Crippen LogP contribution in [-0.2, 0) is 24.9 Å². The highest BCUT2D eigenvalue weighted by Crippen LogP contribution is 2.36. The van der Waals surface area contributed by atoms with Crippen LogP contribution in [0, 0.1) is 0 Å². The maximum Gasteiger partial charge on any atom is 0.494 e. The van der Waals surface area contributed by atoms with Crippen LogP contribution >= 0.6 is 8.25 Å². The van der Waals surface area contributed by atoms with Crippen LogP contribution in [0.15, 0.2) is 18.2 Å². The van der Waals surface area contributed by atoms with Crippen LogP contribution in [0.25, 0.3) is 0 Å². The third kappa shape index (κ3) is 5.30. The Kier molecular flexibility index (Phi) is 6.71. The van der Waals surface area contributed by atoms with Crippen LogP contribution in [0.5, 0.6) is 5.75 Å².